The number of aryl methyl sites for hydroxylation is 1. The highest BCUT2D eigenvalue weighted by Gasteiger charge is 2.27. The molecule has 0 unspecified atom stereocenters. The summed E-state index contributed by atoms with van der Waals surface area (Å²) in [5, 5.41) is 6.98. The van der Waals surface area contributed by atoms with Gasteiger partial charge >= 0.3 is 6.03 Å². The van der Waals surface area contributed by atoms with Crippen LogP contribution in [0.25, 0.3) is 0 Å². The molecule has 23 heavy (non-hydrogen) atoms. The highest BCUT2D eigenvalue weighted by atomic mass is 16.5. The maximum atomic E-state index is 12.3. The second kappa shape index (κ2) is 7.31. The number of ether oxygens (including phenoxy) is 1. The first-order valence-corrected chi connectivity index (χ1v) is 8.43. The molecule has 0 aromatic carbocycles. The van der Waals surface area contributed by atoms with Gasteiger partial charge in [0.15, 0.2) is 5.76 Å². The number of carbonyl (C=O) groups is 1. The number of piperazine rings is 1. The molecular weight excluding hydrogens is 296 g/mol. The molecule has 2 atom stereocenters. The van der Waals surface area contributed by atoms with Gasteiger partial charge in [-0.05, 0) is 26.7 Å². The van der Waals surface area contributed by atoms with Crippen molar-refractivity contribution in [2.45, 2.75) is 45.4 Å². The van der Waals surface area contributed by atoms with Crippen molar-refractivity contribution in [1.82, 2.24) is 20.3 Å². The molecule has 0 saturated carbocycles. The van der Waals surface area contributed by atoms with Gasteiger partial charge in [0.05, 0.1) is 24.4 Å². The van der Waals surface area contributed by atoms with Gasteiger partial charge in [-0.3, -0.25) is 4.90 Å². The molecule has 1 aromatic heterocycles. The average Bonchev–Trinajstić information content (AvgIpc) is 3.20. The molecule has 1 aromatic rings. The highest BCUT2D eigenvalue weighted by molar-refractivity contribution is 5.74. The lowest BCUT2D eigenvalue weighted by atomic mass is 10.1. The first-order valence-electron chi connectivity index (χ1n) is 8.43. The van der Waals surface area contributed by atoms with Crippen LogP contribution in [0.2, 0.25) is 0 Å². The molecule has 0 spiro atoms. The number of rotatable bonds is 4. The van der Waals surface area contributed by atoms with Crippen LogP contribution in [0, 0.1) is 6.92 Å². The van der Waals surface area contributed by atoms with Gasteiger partial charge in [0.2, 0.25) is 0 Å². The Morgan fingerprint density at radius 2 is 2.22 bits per heavy atom. The Morgan fingerprint density at radius 3 is 2.83 bits per heavy atom. The van der Waals surface area contributed by atoms with Crippen LogP contribution in [-0.4, -0.2) is 65.9 Å². The molecule has 128 valence electrons. The second-order valence-electron chi connectivity index (χ2n) is 6.49. The summed E-state index contributed by atoms with van der Waals surface area (Å²) >= 11 is 0. The first-order chi connectivity index (χ1) is 11.1. The lowest BCUT2D eigenvalue weighted by Gasteiger charge is -2.35. The van der Waals surface area contributed by atoms with Crippen LogP contribution in [0.1, 0.15) is 31.2 Å². The summed E-state index contributed by atoms with van der Waals surface area (Å²) in [4.78, 5) is 16.5. The fourth-order valence-electron chi connectivity index (χ4n) is 3.20. The Kier molecular flexibility index (Phi) is 5.17. The normalized spacial score (nSPS) is 23.9. The first kappa shape index (κ1) is 16.3. The smallest absolute Gasteiger partial charge is 0.317 e. The molecule has 3 heterocycles. The summed E-state index contributed by atoms with van der Waals surface area (Å²) in [7, 11) is 0. The lowest BCUT2D eigenvalue weighted by Crippen LogP contribution is -2.54. The molecule has 2 aliphatic heterocycles. The average molecular weight is 322 g/mol. The molecule has 7 nitrogen and oxygen atoms in total. The molecule has 7 heteroatoms. The van der Waals surface area contributed by atoms with E-state index in [1.807, 2.05) is 24.8 Å². The molecule has 2 saturated heterocycles. The fourth-order valence-corrected chi connectivity index (χ4v) is 3.20. The predicted octanol–water partition coefficient (Wildman–Crippen LogP) is 1.38. The number of hydrogen-bond donors (Lipinski definition) is 1. The third-order valence-electron chi connectivity index (χ3n) is 4.59. The number of nitrogens with zero attached hydrogens (tertiary/aromatic N) is 3. The van der Waals surface area contributed by atoms with Crippen molar-refractivity contribution >= 4 is 6.03 Å². The van der Waals surface area contributed by atoms with E-state index in [2.05, 4.69) is 15.4 Å². The third kappa shape index (κ3) is 4.23. The molecule has 2 amide bonds. The number of hydrogen-bond acceptors (Lipinski definition) is 5. The zero-order chi connectivity index (χ0) is 16.2. The minimum Gasteiger partial charge on any atom is -0.376 e. The van der Waals surface area contributed by atoms with Gasteiger partial charge in [-0.15, -0.1) is 0 Å². The quantitative estimate of drug-likeness (QED) is 0.907. The van der Waals surface area contributed by atoms with Gasteiger partial charge in [0, 0.05) is 38.9 Å². The van der Waals surface area contributed by atoms with Gasteiger partial charge in [0.1, 0.15) is 0 Å². The minimum absolute atomic E-state index is 0.0168. The zero-order valence-electron chi connectivity index (χ0n) is 14.0. The van der Waals surface area contributed by atoms with Crippen molar-refractivity contribution in [3.63, 3.8) is 0 Å². The number of amides is 2. The summed E-state index contributed by atoms with van der Waals surface area (Å²) in [6.07, 6.45) is 2.28. The summed E-state index contributed by atoms with van der Waals surface area (Å²) in [5.41, 5.74) is 0.904. The van der Waals surface area contributed by atoms with Crippen molar-refractivity contribution in [3.05, 3.63) is 17.5 Å². The van der Waals surface area contributed by atoms with Crippen molar-refractivity contribution in [3.8, 4) is 0 Å². The molecule has 2 fully saturated rings. The number of aromatic nitrogens is 1. The number of urea groups is 1. The Bertz CT molecular complexity index is 519. The van der Waals surface area contributed by atoms with E-state index in [-0.39, 0.29) is 18.2 Å². The topological polar surface area (TPSA) is 70.8 Å². The van der Waals surface area contributed by atoms with E-state index in [4.69, 9.17) is 9.26 Å². The van der Waals surface area contributed by atoms with E-state index >= 15 is 0 Å². The van der Waals surface area contributed by atoms with Gasteiger partial charge < -0.3 is 19.5 Å². The molecule has 0 aliphatic carbocycles. The van der Waals surface area contributed by atoms with Crippen molar-refractivity contribution in [2.75, 3.05) is 32.8 Å². The molecule has 0 bridgehead atoms. The molecule has 0 radical (unpaired) electrons. The maximum Gasteiger partial charge on any atom is 0.317 e. The molecule has 1 N–H and O–H groups in total. The van der Waals surface area contributed by atoms with Gasteiger partial charge in [0.25, 0.3) is 0 Å². The van der Waals surface area contributed by atoms with Crippen LogP contribution < -0.4 is 5.32 Å². The monoisotopic (exact) mass is 322 g/mol. The molecule has 2 aliphatic rings. The highest BCUT2D eigenvalue weighted by Crippen LogP contribution is 2.16. The lowest BCUT2D eigenvalue weighted by molar-refractivity contribution is 0.0795. The van der Waals surface area contributed by atoms with Crippen LogP contribution in [0.4, 0.5) is 4.79 Å². The fraction of sp³-hybridized carbons (Fsp3) is 0.750. The van der Waals surface area contributed by atoms with Crippen LogP contribution in [-0.2, 0) is 11.3 Å². The minimum atomic E-state index is 0.0168. The van der Waals surface area contributed by atoms with Crippen LogP contribution >= 0.6 is 0 Å². The number of carbonyl (C=O) groups excluding carboxylic acids is 1. The largest absolute Gasteiger partial charge is 0.376 e. The molecular formula is C16H26N4O3. The summed E-state index contributed by atoms with van der Waals surface area (Å²) in [5.74, 6) is 0.882. The predicted molar refractivity (Wildman–Crippen MR) is 85.1 cm³/mol. The summed E-state index contributed by atoms with van der Waals surface area (Å²) in [6.45, 7) is 8.67. The summed E-state index contributed by atoms with van der Waals surface area (Å²) in [6, 6.07) is 2.05. The van der Waals surface area contributed by atoms with Crippen LogP contribution in [0.3, 0.4) is 0 Å². The Labute approximate surface area is 136 Å². The van der Waals surface area contributed by atoms with Gasteiger partial charge in [-0.2, -0.15) is 0 Å². The van der Waals surface area contributed by atoms with E-state index in [1.165, 1.54) is 0 Å². The van der Waals surface area contributed by atoms with Crippen molar-refractivity contribution < 1.29 is 14.1 Å². The van der Waals surface area contributed by atoms with E-state index in [0.29, 0.717) is 0 Å². The van der Waals surface area contributed by atoms with Crippen LogP contribution in [0.15, 0.2) is 10.6 Å². The third-order valence-corrected chi connectivity index (χ3v) is 4.59. The van der Waals surface area contributed by atoms with Gasteiger partial charge in [-0.25, -0.2) is 4.79 Å². The standard InChI is InChI=1S/C16H26N4O3/c1-12-10-14(23-18-12)11-19-5-7-20(8-6-19)16(21)17-13(2)15-4-3-9-22-15/h10,13,15H,3-9,11H2,1-2H3,(H,17,21)/t13-,15-/m1/s1. The molecule has 3 rings (SSSR count). The second-order valence-corrected chi connectivity index (χ2v) is 6.49. The van der Waals surface area contributed by atoms with E-state index in [9.17, 15) is 4.79 Å². The Balaban J connectivity index is 1.41. The van der Waals surface area contributed by atoms with E-state index < -0.39 is 0 Å². The van der Waals surface area contributed by atoms with Gasteiger partial charge in [-0.1, -0.05) is 5.16 Å². The Hall–Kier alpha value is -1.60. The summed E-state index contributed by atoms with van der Waals surface area (Å²) < 4.78 is 10.9. The van der Waals surface area contributed by atoms with Crippen LogP contribution in [0.5, 0.6) is 0 Å². The van der Waals surface area contributed by atoms with E-state index in [0.717, 1.165) is 63.6 Å². The van der Waals surface area contributed by atoms with E-state index in [1.54, 1.807) is 0 Å². The Morgan fingerprint density at radius 1 is 1.43 bits per heavy atom. The number of nitrogens with one attached hydrogen (secondary N) is 1. The zero-order valence-corrected chi connectivity index (χ0v) is 14.0. The van der Waals surface area contributed by atoms with Crippen molar-refractivity contribution in [2.24, 2.45) is 0 Å². The maximum absolute atomic E-state index is 12.3. The van der Waals surface area contributed by atoms with Crippen molar-refractivity contribution in [1.29, 1.82) is 0 Å². The SMILES string of the molecule is Cc1cc(CN2CCN(C(=O)N[C@H](C)[C@H]3CCCO3)CC2)on1.